The second-order valence-corrected chi connectivity index (χ2v) is 8.16. The number of hydrogen-bond donors (Lipinski definition) is 1. The van der Waals surface area contributed by atoms with Gasteiger partial charge < -0.3 is 15.0 Å². The summed E-state index contributed by atoms with van der Waals surface area (Å²) in [6.45, 7) is 1.78. The molecule has 29 heavy (non-hydrogen) atoms. The van der Waals surface area contributed by atoms with Crippen LogP contribution in [0, 0.1) is 5.82 Å². The molecule has 2 heterocycles. The van der Waals surface area contributed by atoms with Crippen LogP contribution < -0.4 is 15.0 Å². The smallest absolute Gasteiger partial charge is 0.261 e. The Kier molecular flexibility index (Phi) is 5.81. The summed E-state index contributed by atoms with van der Waals surface area (Å²) in [7, 11) is 1.66. The maximum absolute atomic E-state index is 14.0. The molecule has 0 radical (unpaired) electrons. The van der Waals surface area contributed by atoms with Gasteiger partial charge in [0.15, 0.2) is 0 Å². The number of hydrogen-bond acceptors (Lipinski definition) is 4. The van der Waals surface area contributed by atoms with Gasteiger partial charge in [-0.3, -0.25) is 4.79 Å². The Morgan fingerprint density at radius 1 is 1.07 bits per heavy atom. The standard InChI is InChI=1S/C23H23FN2O2S/c1-28-18-8-6-17(7-9-18)26-14-12-16(13-15-26)25-23(27)22-11-10-21(29-22)19-4-2-3-5-20(19)24/h2-11,16H,12-15H2,1H3,(H,25,27). The third kappa shape index (κ3) is 4.43. The zero-order chi connectivity index (χ0) is 20.2. The number of nitrogens with zero attached hydrogens (tertiary/aromatic N) is 1. The Morgan fingerprint density at radius 2 is 1.79 bits per heavy atom. The van der Waals surface area contributed by atoms with Crippen molar-refractivity contribution < 1.29 is 13.9 Å². The third-order valence-electron chi connectivity index (χ3n) is 5.24. The highest BCUT2D eigenvalue weighted by molar-refractivity contribution is 7.17. The molecule has 1 aliphatic rings. The maximum Gasteiger partial charge on any atom is 0.261 e. The van der Waals surface area contributed by atoms with Crippen LogP contribution >= 0.6 is 11.3 Å². The number of ether oxygens (including phenoxy) is 1. The molecule has 1 aromatic heterocycles. The number of amides is 1. The van der Waals surface area contributed by atoms with Gasteiger partial charge in [-0.2, -0.15) is 0 Å². The average molecular weight is 411 g/mol. The highest BCUT2D eigenvalue weighted by Gasteiger charge is 2.22. The molecule has 0 spiro atoms. The van der Waals surface area contributed by atoms with E-state index in [1.54, 1.807) is 31.4 Å². The Morgan fingerprint density at radius 3 is 2.48 bits per heavy atom. The van der Waals surface area contributed by atoms with Gasteiger partial charge in [0.2, 0.25) is 0 Å². The van der Waals surface area contributed by atoms with Crippen molar-refractivity contribution in [2.45, 2.75) is 18.9 Å². The predicted octanol–water partition coefficient (Wildman–Crippen LogP) is 4.96. The number of halogens is 1. The van der Waals surface area contributed by atoms with Gasteiger partial charge in [0.05, 0.1) is 12.0 Å². The van der Waals surface area contributed by atoms with Gasteiger partial charge in [-0.05, 0) is 55.3 Å². The van der Waals surface area contributed by atoms with E-state index < -0.39 is 0 Å². The summed E-state index contributed by atoms with van der Waals surface area (Å²) in [5, 5.41) is 3.14. The molecule has 1 aliphatic heterocycles. The van der Waals surface area contributed by atoms with E-state index in [0.29, 0.717) is 10.4 Å². The Labute approximate surface area is 173 Å². The van der Waals surface area contributed by atoms with Gasteiger partial charge in [0.25, 0.3) is 5.91 Å². The molecule has 150 valence electrons. The second kappa shape index (κ2) is 8.66. The SMILES string of the molecule is COc1ccc(N2CCC(NC(=O)c3ccc(-c4ccccc4F)s3)CC2)cc1. The van der Waals surface area contributed by atoms with Crippen LogP contribution in [0.1, 0.15) is 22.5 Å². The van der Waals surface area contributed by atoms with E-state index in [9.17, 15) is 9.18 Å². The Balaban J connectivity index is 1.34. The van der Waals surface area contributed by atoms with Crippen molar-refractivity contribution in [3.8, 4) is 16.2 Å². The number of nitrogens with one attached hydrogen (secondary N) is 1. The molecule has 1 N–H and O–H groups in total. The fourth-order valence-electron chi connectivity index (χ4n) is 3.60. The van der Waals surface area contributed by atoms with Crippen LogP contribution in [-0.4, -0.2) is 32.1 Å². The molecule has 1 saturated heterocycles. The molecular weight excluding hydrogens is 387 g/mol. The summed E-state index contributed by atoms with van der Waals surface area (Å²) in [6, 6.07) is 18.4. The van der Waals surface area contributed by atoms with E-state index in [2.05, 4.69) is 22.3 Å². The molecule has 0 atom stereocenters. The first-order chi connectivity index (χ1) is 14.1. The van der Waals surface area contributed by atoms with Crippen molar-refractivity contribution in [3.05, 3.63) is 71.4 Å². The average Bonchev–Trinajstić information content (AvgIpc) is 3.25. The molecule has 1 amide bonds. The number of carbonyl (C=O) groups excluding carboxylic acids is 1. The summed E-state index contributed by atoms with van der Waals surface area (Å²) in [6.07, 6.45) is 1.78. The lowest BCUT2D eigenvalue weighted by Gasteiger charge is -2.34. The van der Waals surface area contributed by atoms with Crippen LogP contribution in [-0.2, 0) is 0 Å². The van der Waals surface area contributed by atoms with E-state index in [-0.39, 0.29) is 17.8 Å². The fourth-order valence-corrected chi connectivity index (χ4v) is 4.53. The molecule has 1 fully saturated rings. The summed E-state index contributed by atoms with van der Waals surface area (Å²) in [5.41, 5.74) is 1.70. The van der Waals surface area contributed by atoms with Gasteiger partial charge >= 0.3 is 0 Å². The highest BCUT2D eigenvalue weighted by Crippen LogP contribution is 2.30. The molecule has 0 aliphatic carbocycles. The molecule has 4 rings (SSSR count). The van der Waals surface area contributed by atoms with Crippen molar-refractivity contribution in [2.24, 2.45) is 0 Å². The predicted molar refractivity (Wildman–Crippen MR) is 115 cm³/mol. The van der Waals surface area contributed by atoms with Gasteiger partial charge in [-0.1, -0.05) is 18.2 Å². The summed E-state index contributed by atoms with van der Waals surface area (Å²) < 4.78 is 19.2. The van der Waals surface area contributed by atoms with Crippen molar-refractivity contribution in [3.63, 3.8) is 0 Å². The topological polar surface area (TPSA) is 41.6 Å². The van der Waals surface area contributed by atoms with E-state index in [1.807, 2.05) is 18.2 Å². The van der Waals surface area contributed by atoms with Crippen molar-refractivity contribution >= 4 is 22.9 Å². The number of rotatable bonds is 5. The molecule has 2 aromatic carbocycles. The zero-order valence-corrected chi connectivity index (χ0v) is 17.0. The fraction of sp³-hybridized carbons (Fsp3) is 0.261. The van der Waals surface area contributed by atoms with E-state index >= 15 is 0 Å². The van der Waals surface area contributed by atoms with Crippen LogP contribution in [0.15, 0.2) is 60.7 Å². The largest absolute Gasteiger partial charge is 0.497 e. The lowest BCUT2D eigenvalue weighted by Crippen LogP contribution is -2.44. The number of thiophene rings is 1. The molecular formula is C23H23FN2O2S. The van der Waals surface area contributed by atoms with Crippen LogP contribution in [0.2, 0.25) is 0 Å². The van der Waals surface area contributed by atoms with Crippen molar-refractivity contribution in [2.75, 3.05) is 25.1 Å². The number of anilines is 1. The number of methoxy groups -OCH3 is 1. The number of piperidine rings is 1. The first kappa shape index (κ1) is 19.5. The third-order valence-corrected chi connectivity index (χ3v) is 6.35. The first-order valence-electron chi connectivity index (χ1n) is 9.68. The number of benzene rings is 2. The molecule has 4 nitrogen and oxygen atoms in total. The van der Waals surface area contributed by atoms with Crippen molar-refractivity contribution in [1.82, 2.24) is 5.32 Å². The minimum absolute atomic E-state index is 0.0829. The number of carbonyl (C=O) groups is 1. The van der Waals surface area contributed by atoms with E-state index in [0.717, 1.165) is 36.6 Å². The first-order valence-corrected chi connectivity index (χ1v) is 10.5. The second-order valence-electron chi connectivity index (χ2n) is 7.08. The monoisotopic (exact) mass is 410 g/mol. The molecule has 0 bridgehead atoms. The summed E-state index contributed by atoms with van der Waals surface area (Å²) in [4.78, 5) is 16.3. The van der Waals surface area contributed by atoms with Crippen LogP contribution in [0.4, 0.5) is 10.1 Å². The Hall–Kier alpha value is -2.86. The molecule has 3 aromatic rings. The molecule has 6 heteroatoms. The van der Waals surface area contributed by atoms with Crippen LogP contribution in [0.5, 0.6) is 5.75 Å². The van der Waals surface area contributed by atoms with Gasteiger partial charge in [0, 0.05) is 35.3 Å². The summed E-state index contributed by atoms with van der Waals surface area (Å²) in [5.74, 6) is 0.495. The molecule has 0 unspecified atom stereocenters. The van der Waals surface area contributed by atoms with E-state index in [4.69, 9.17) is 4.74 Å². The van der Waals surface area contributed by atoms with Crippen LogP contribution in [0.3, 0.4) is 0 Å². The van der Waals surface area contributed by atoms with E-state index in [1.165, 1.54) is 23.1 Å². The van der Waals surface area contributed by atoms with Gasteiger partial charge in [0.1, 0.15) is 11.6 Å². The van der Waals surface area contributed by atoms with Crippen molar-refractivity contribution in [1.29, 1.82) is 0 Å². The van der Waals surface area contributed by atoms with Gasteiger partial charge in [-0.25, -0.2) is 4.39 Å². The van der Waals surface area contributed by atoms with Crippen LogP contribution in [0.25, 0.3) is 10.4 Å². The lowest BCUT2D eigenvalue weighted by molar-refractivity contribution is 0.0935. The van der Waals surface area contributed by atoms with Gasteiger partial charge in [-0.15, -0.1) is 11.3 Å². The zero-order valence-electron chi connectivity index (χ0n) is 16.2. The summed E-state index contributed by atoms with van der Waals surface area (Å²) >= 11 is 1.32. The Bertz CT molecular complexity index is 979. The minimum Gasteiger partial charge on any atom is -0.497 e. The molecule has 0 saturated carbocycles. The highest BCUT2D eigenvalue weighted by atomic mass is 32.1. The quantitative estimate of drug-likeness (QED) is 0.646. The minimum atomic E-state index is -0.271. The normalized spacial score (nSPS) is 14.6. The lowest BCUT2D eigenvalue weighted by atomic mass is 10.0. The maximum atomic E-state index is 14.0.